The fourth-order valence-electron chi connectivity index (χ4n) is 1.84. The van der Waals surface area contributed by atoms with Crippen molar-refractivity contribution in [3.05, 3.63) is 34.8 Å². The Bertz CT molecular complexity index is 301. The van der Waals surface area contributed by atoms with Crippen LogP contribution < -0.4 is 0 Å². The molecule has 76 valence electrons. The molecular formula is C12H16OS. The van der Waals surface area contributed by atoms with E-state index in [9.17, 15) is 0 Å². The van der Waals surface area contributed by atoms with Crippen LogP contribution in [0.15, 0.2) is 34.8 Å². The Morgan fingerprint density at radius 2 is 2.14 bits per heavy atom. The quantitative estimate of drug-likeness (QED) is 0.608. The summed E-state index contributed by atoms with van der Waals surface area (Å²) in [6.07, 6.45) is 9.00. The lowest BCUT2D eigenvalue weighted by molar-refractivity contribution is 0.207. The number of hydrogen-bond acceptors (Lipinski definition) is 2. The zero-order valence-electron chi connectivity index (χ0n) is 8.58. The standard InChI is InChI=1S/C12H16OS/c1-9-3-5-10-6-8-12(13-2)14-11(10)7-4-9/h6,8,12H,1,3-5,7H2,2H3. The van der Waals surface area contributed by atoms with Crippen LogP contribution in [-0.2, 0) is 4.74 Å². The van der Waals surface area contributed by atoms with Crippen LogP contribution in [0.4, 0.5) is 0 Å². The lowest BCUT2D eigenvalue weighted by atomic mass is 10.1. The molecule has 0 saturated heterocycles. The van der Waals surface area contributed by atoms with Crippen molar-refractivity contribution in [2.24, 2.45) is 0 Å². The smallest absolute Gasteiger partial charge is 0.125 e. The van der Waals surface area contributed by atoms with Crippen LogP contribution in [0.1, 0.15) is 25.7 Å². The first kappa shape index (κ1) is 10.1. The summed E-state index contributed by atoms with van der Waals surface area (Å²) in [6.45, 7) is 4.08. The second-order valence-electron chi connectivity index (χ2n) is 3.78. The third kappa shape index (κ3) is 2.12. The van der Waals surface area contributed by atoms with Crippen LogP contribution >= 0.6 is 11.8 Å². The SMILES string of the molecule is C=C1CCC2=C(CC1)SC(OC)C=C2. The van der Waals surface area contributed by atoms with E-state index in [1.54, 1.807) is 7.11 Å². The van der Waals surface area contributed by atoms with E-state index in [1.807, 2.05) is 11.8 Å². The van der Waals surface area contributed by atoms with Crippen molar-refractivity contribution < 1.29 is 4.74 Å². The second-order valence-corrected chi connectivity index (χ2v) is 4.97. The van der Waals surface area contributed by atoms with Gasteiger partial charge in [0.1, 0.15) is 5.44 Å². The minimum Gasteiger partial charge on any atom is -0.366 e. The van der Waals surface area contributed by atoms with Crippen LogP contribution in [0.2, 0.25) is 0 Å². The molecule has 1 heterocycles. The van der Waals surface area contributed by atoms with Gasteiger partial charge in [0.15, 0.2) is 0 Å². The zero-order valence-corrected chi connectivity index (χ0v) is 9.40. The van der Waals surface area contributed by atoms with Crippen LogP contribution in [0.3, 0.4) is 0 Å². The van der Waals surface area contributed by atoms with E-state index >= 15 is 0 Å². The van der Waals surface area contributed by atoms with E-state index in [1.165, 1.54) is 16.1 Å². The Labute approximate surface area is 89.9 Å². The molecule has 0 radical (unpaired) electrons. The molecule has 0 spiro atoms. The molecule has 1 unspecified atom stereocenters. The maximum Gasteiger partial charge on any atom is 0.125 e. The largest absolute Gasteiger partial charge is 0.366 e. The van der Waals surface area contributed by atoms with Gasteiger partial charge in [-0.3, -0.25) is 0 Å². The third-order valence-electron chi connectivity index (χ3n) is 2.76. The Morgan fingerprint density at radius 3 is 2.93 bits per heavy atom. The van der Waals surface area contributed by atoms with Gasteiger partial charge in [-0.1, -0.05) is 30.0 Å². The molecule has 0 bridgehead atoms. The van der Waals surface area contributed by atoms with Gasteiger partial charge in [-0.05, 0) is 42.2 Å². The van der Waals surface area contributed by atoms with Crippen molar-refractivity contribution in [1.29, 1.82) is 0 Å². The summed E-state index contributed by atoms with van der Waals surface area (Å²) in [7, 11) is 1.77. The second kappa shape index (κ2) is 4.37. The van der Waals surface area contributed by atoms with Crippen molar-refractivity contribution in [3.63, 3.8) is 0 Å². The van der Waals surface area contributed by atoms with Gasteiger partial charge in [-0.2, -0.15) is 0 Å². The predicted molar refractivity (Wildman–Crippen MR) is 62.2 cm³/mol. The van der Waals surface area contributed by atoms with Gasteiger partial charge < -0.3 is 4.74 Å². The molecule has 0 aromatic heterocycles. The Hall–Kier alpha value is -0.470. The average molecular weight is 208 g/mol. The first-order chi connectivity index (χ1) is 6.79. The van der Waals surface area contributed by atoms with Gasteiger partial charge in [0.05, 0.1) is 0 Å². The lowest BCUT2D eigenvalue weighted by Gasteiger charge is -2.19. The normalized spacial score (nSPS) is 27.5. The summed E-state index contributed by atoms with van der Waals surface area (Å²) >= 11 is 1.86. The van der Waals surface area contributed by atoms with Crippen molar-refractivity contribution in [2.45, 2.75) is 31.1 Å². The number of allylic oxidation sites excluding steroid dienone is 4. The van der Waals surface area contributed by atoms with Gasteiger partial charge in [0, 0.05) is 7.11 Å². The van der Waals surface area contributed by atoms with Gasteiger partial charge in [0.25, 0.3) is 0 Å². The predicted octanol–water partition coefficient (Wildman–Crippen LogP) is 3.65. The van der Waals surface area contributed by atoms with Crippen LogP contribution in [0, 0.1) is 0 Å². The fourth-order valence-corrected chi connectivity index (χ4v) is 2.91. The molecule has 1 nitrogen and oxygen atoms in total. The van der Waals surface area contributed by atoms with E-state index in [0.717, 1.165) is 25.7 Å². The van der Waals surface area contributed by atoms with E-state index in [0.29, 0.717) is 0 Å². The molecule has 0 amide bonds. The summed E-state index contributed by atoms with van der Waals surface area (Å²) in [5, 5.41) is 0. The molecule has 14 heavy (non-hydrogen) atoms. The van der Waals surface area contributed by atoms with E-state index in [4.69, 9.17) is 4.74 Å². The Balaban J connectivity index is 2.12. The molecule has 1 aliphatic heterocycles. The maximum atomic E-state index is 5.33. The van der Waals surface area contributed by atoms with Gasteiger partial charge in [-0.15, -0.1) is 0 Å². The van der Waals surface area contributed by atoms with Gasteiger partial charge >= 0.3 is 0 Å². The Morgan fingerprint density at radius 1 is 1.36 bits per heavy atom. The van der Waals surface area contributed by atoms with Crippen LogP contribution in [0.5, 0.6) is 0 Å². The lowest BCUT2D eigenvalue weighted by Crippen LogP contribution is -2.06. The first-order valence-electron chi connectivity index (χ1n) is 5.06. The van der Waals surface area contributed by atoms with Crippen molar-refractivity contribution in [2.75, 3.05) is 7.11 Å². The molecule has 1 atom stereocenters. The number of hydrogen-bond donors (Lipinski definition) is 0. The zero-order chi connectivity index (χ0) is 9.97. The molecule has 2 aliphatic rings. The monoisotopic (exact) mass is 208 g/mol. The van der Waals surface area contributed by atoms with Crippen LogP contribution in [-0.4, -0.2) is 12.5 Å². The Kier molecular flexibility index (Phi) is 3.14. The van der Waals surface area contributed by atoms with Gasteiger partial charge in [0.2, 0.25) is 0 Å². The van der Waals surface area contributed by atoms with E-state index in [2.05, 4.69) is 18.7 Å². The molecule has 2 heteroatoms. The van der Waals surface area contributed by atoms with Crippen LogP contribution in [0.25, 0.3) is 0 Å². The van der Waals surface area contributed by atoms with Crippen molar-refractivity contribution in [3.8, 4) is 0 Å². The highest BCUT2D eigenvalue weighted by Crippen LogP contribution is 2.39. The molecule has 0 saturated carbocycles. The summed E-state index contributed by atoms with van der Waals surface area (Å²) < 4.78 is 5.33. The molecule has 0 aromatic rings. The number of thioether (sulfide) groups is 1. The molecule has 0 aromatic carbocycles. The molecule has 0 fully saturated rings. The van der Waals surface area contributed by atoms with E-state index in [-0.39, 0.29) is 5.44 Å². The van der Waals surface area contributed by atoms with Crippen molar-refractivity contribution >= 4 is 11.8 Å². The fraction of sp³-hybridized carbons (Fsp3) is 0.500. The summed E-state index contributed by atoms with van der Waals surface area (Å²) in [6, 6.07) is 0. The van der Waals surface area contributed by atoms with Gasteiger partial charge in [-0.25, -0.2) is 0 Å². The average Bonchev–Trinajstić information content (AvgIpc) is 2.40. The maximum absolute atomic E-state index is 5.33. The summed E-state index contributed by atoms with van der Waals surface area (Å²) in [5.74, 6) is 0. The topological polar surface area (TPSA) is 9.23 Å². The van der Waals surface area contributed by atoms with Crippen molar-refractivity contribution in [1.82, 2.24) is 0 Å². The highest BCUT2D eigenvalue weighted by Gasteiger charge is 2.18. The first-order valence-corrected chi connectivity index (χ1v) is 5.94. The number of methoxy groups -OCH3 is 1. The highest BCUT2D eigenvalue weighted by molar-refractivity contribution is 8.03. The molecule has 0 N–H and O–H groups in total. The molecule has 1 aliphatic carbocycles. The summed E-state index contributed by atoms with van der Waals surface area (Å²) in [5.41, 5.74) is 3.12. The third-order valence-corrected chi connectivity index (χ3v) is 4.09. The number of ether oxygens (including phenoxy) is 1. The number of rotatable bonds is 1. The molecular weight excluding hydrogens is 192 g/mol. The molecule has 2 rings (SSSR count). The highest BCUT2D eigenvalue weighted by atomic mass is 32.2. The van der Waals surface area contributed by atoms with E-state index < -0.39 is 0 Å². The minimum atomic E-state index is 0.222. The summed E-state index contributed by atoms with van der Waals surface area (Å²) in [4.78, 5) is 1.51. The minimum absolute atomic E-state index is 0.222.